The molecule has 19 heavy (non-hydrogen) atoms. The summed E-state index contributed by atoms with van der Waals surface area (Å²) in [6.07, 6.45) is 0.577. The third-order valence-electron chi connectivity index (χ3n) is 2.92. The minimum atomic E-state index is -1.11. The maximum Gasteiger partial charge on any atom is 0.334 e. The van der Waals surface area contributed by atoms with Gasteiger partial charge in [-0.2, -0.15) is 0 Å². The number of hydrogen-bond donors (Lipinski definition) is 2. The number of fused-ring (bicyclic) bond motifs is 1. The van der Waals surface area contributed by atoms with Crippen LogP contribution < -0.4 is 5.32 Å². The number of rotatable bonds is 4. The fourth-order valence-corrected chi connectivity index (χ4v) is 1.80. The first-order chi connectivity index (χ1) is 9.11. The molecule has 0 aromatic carbocycles. The Morgan fingerprint density at radius 1 is 1.58 bits per heavy atom. The van der Waals surface area contributed by atoms with Gasteiger partial charge in [-0.3, -0.25) is 0 Å². The van der Waals surface area contributed by atoms with Crippen molar-refractivity contribution in [3.63, 3.8) is 0 Å². The zero-order valence-electron chi connectivity index (χ0n) is 10.4. The Bertz CT molecular complexity index is 474. The molecule has 2 amide bonds. The predicted octanol–water partition coefficient (Wildman–Crippen LogP) is -1.10. The number of nitrogens with one attached hydrogen (secondary N) is 1. The minimum absolute atomic E-state index is 0.0755. The molecule has 0 radical (unpaired) electrons. The Hall–Kier alpha value is -2.16. The van der Waals surface area contributed by atoms with Crippen molar-refractivity contribution in [3.05, 3.63) is 12.2 Å². The molecule has 9 nitrogen and oxygen atoms in total. The molecule has 0 bridgehead atoms. The summed E-state index contributed by atoms with van der Waals surface area (Å²) in [5, 5.41) is 19.0. The van der Waals surface area contributed by atoms with Gasteiger partial charge >= 0.3 is 12.0 Å². The highest BCUT2D eigenvalue weighted by Gasteiger charge is 2.23. The molecule has 104 valence electrons. The Morgan fingerprint density at radius 3 is 3.05 bits per heavy atom. The summed E-state index contributed by atoms with van der Waals surface area (Å²) < 4.78 is 6.61. The van der Waals surface area contributed by atoms with Gasteiger partial charge in [-0.1, -0.05) is 0 Å². The van der Waals surface area contributed by atoms with E-state index in [1.807, 2.05) is 4.57 Å². The zero-order valence-corrected chi connectivity index (χ0v) is 10.4. The fraction of sp³-hybridized carbons (Fsp3) is 0.600. The Balaban J connectivity index is 1.86. The third-order valence-corrected chi connectivity index (χ3v) is 2.92. The molecular formula is C10H15N5O4. The van der Waals surface area contributed by atoms with Crippen LogP contribution in [0.15, 0.2) is 6.33 Å². The van der Waals surface area contributed by atoms with Crippen molar-refractivity contribution in [1.82, 2.24) is 25.0 Å². The number of carbonyl (C=O) groups is 2. The molecule has 2 rings (SSSR count). The van der Waals surface area contributed by atoms with E-state index in [-0.39, 0.29) is 12.6 Å². The molecule has 0 saturated heterocycles. The lowest BCUT2D eigenvalue weighted by molar-refractivity contribution is -0.148. The smallest absolute Gasteiger partial charge is 0.334 e. The zero-order chi connectivity index (χ0) is 13.8. The number of ether oxygens (including phenoxy) is 1. The fourth-order valence-electron chi connectivity index (χ4n) is 1.80. The first kappa shape index (κ1) is 13.3. The molecule has 1 aromatic heterocycles. The second-order valence-electron chi connectivity index (χ2n) is 4.11. The van der Waals surface area contributed by atoms with Crippen LogP contribution in [0, 0.1) is 0 Å². The average Bonchev–Trinajstić information content (AvgIpc) is 2.85. The van der Waals surface area contributed by atoms with Gasteiger partial charge < -0.3 is 24.6 Å². The number of aromatic nitrogens is 3. The Kier molecular flexibility index (Phi) is 3.95. The third kappa shape index (κ3) is 2.99. The second-order valence-corrected chi connectivity index (χ2v) is 4.11. The van der Waals surface area contributed by atoms with Crippen LogP contribution in [-0.2, 0) is 22.6 Å². The summed E-state index contributed by atoms with van der Waals surface area (Å²) >= 11 is 0. The van der Waals surface area contributed by atoms with Crippen LogP contribution in [0.25, 0.3) is 0 Å². The molecule has 0 fully saturated rings. The number of carboxylic acids is 1. The van der Waals surface area contributed by atoms with E-state index in [0.29, 0.717) is 25.5 Å². The van der Waals surface area contributed by atoms with E-state index in [9.17, 15) is 9.59 Å². The Morgan fingerprint density at radius 2 is 2.37 bits per heavy atom. The number of urea groups is 1. The molecule has 9 heteroatoms. The highest BCUT2D eigenvalue weighted by atomic mass is 16.5. The summed E-state index contributed by atoms with van der Waals surface area (Å²) in [6, 6.07) is -0.336. The molecule has 0 saturated carbocycles. The predicted molar refractivity (Wildman–Crippen MR) is 62.3 cm³/mol. The highest BCUT2D eigenvalue weighted by molar-refractivity contribution is 5.77. The highest BCUT2D eigenvalue weighted by Crippen LogP contribution is 2.08. The average molecular weight is 269 g/mol. The largest absolute Gasteiger partial charge is 0.479 e. The SMILES string of the molecule is COC(CNC(=O)N1CCn2cnnc2C1)C(=O)O. The molecule has 0 aliphatic carbocycles. The van der Waals surface area contributed by atoms with Crippen LogP contribution in [0.5, 0.6) is 0 Å². The lowest BCUT2D eigenvalue weighted by atomic mass is 10.3. The first-order valence-electron chi connectivity index (χ1n) is 5.77. The van der Waals surface area contributed by atoms with Crippen molar-refractivity contribution < 1.29 is 19.4 Å². The van der Waals surface area contributed by atoms with Crippen molar-refractivity contribution in [2.24, 2.45) is 0 Å². The van der Waals surface area contributed by atoms with Gasteiger partial charge in [0, 0.05) is 20.2 Å². The summed E-state index contributed by atoms with van der Waals surface area (Å²) in [5.41, 5.74) is 0. The van der Waals surface area contributed by atoms with E-state index in [2.05, 4.69) is 15.5 Å². The summed E-state index contributed by atoms with van der Waals surface area (Å²) in [6.45, 7) is 1.44. The van der Waals surface area contributed by atoms with Crippen LogP contribution in [0.4, 0.5) is 4.79 Å². The summed E-state index contributed by atoms with van der Waals surface area (Å²) in [4.78, 5) is 24.2. The van der Waals surface area contributed by atoms with Crippen LogP contribution in [0.3, 0.4) is 0 Å². The topological polar surface area (TPSA) is 110 Å². The first-order valence-corrected chi connectivity index (χ1v) is 5.77. The maximum absolute atomic E-state index is 11.9. The van der Waals surface area contributed by atoms with Crippen molar-refractivity contribution in [1.29, 1.82) is 0 Å². The van der Waals surface area contributed by atoms with Gasteiger partial charge in [-0.15, -0.1) is 10.2 Å². The number of hydrogen-bond acceptors (Lipinski definition) is 5. The van der Waals surface area contributed by atoms with Crippen LogP contribution in [-0.4, -0.2) is 63.1 Å². The molecule has 1 atom stereocenters. The van der Waals surface area contributed by atoms with Gasteiger partial charge in [0.25, 0.3) is 0 Å². The van der Waals surface area contributed by atoms with Gasteiger partial charge in [0.05, 0.1) is 13.1 Å². The van der Waals surface area contributed by atoms with E-state index in [0.717, 1.165) is 0 Å². The lowest BCUT2D eigenvalue weighted by Crippen LogP contribution is -2.47. The summed E-state index contributed by atoms with van der Waals surface area (Å²) in [5.74, 6) is -0.399. The van der Waals surface area contributed by atoms with Crippen LogP contribution in [0.2, 0.25) is 0 Å². The van der Waals surface area contributed by atoms with Crippen LogP contribution >= 0.6 is 0 Å². The monoisotopic (exact) mass is 269 g/mol. The number of aliphatic carboxylic acids is 1. The molecular weight excluding hydrogens is 254 g/mol. The minimum Gasteiger partial charge on any atom is -0.479 e. The standard InChI is InChI=1S/C10H15N5O4/c1-19-7(9(16)17)4-11-10(18)14-2-3-15-6-12-13-8(15)5-14/h6-7H,2-5H2,1H3,(H,11,18)(H,16,17). The molecule has 1 aliphatic rings. The molecule has 2 heterocycles. The maximum atomic E-state index is 11.9. The van der Waals surface area contributed by atoms with E-state index in [1.165, 1.54) is 7.11 Å². The molecule has 1 aromatic rings. The quantitative estimate of drug-likeness (QED) is 0.718. The lowest BCUT2D eigenvalue weighted by Gasteiger charge is -2.27. The van der Waals surface area contributed by atoms with E-state index >= 15 is 0 Å². The number of nitrogens with zero attached hydrogens (tertiary/aromatic N) is 4. The molecule has 1 unspecified atom stereocenters. The number of carboxylic acid groups (broad SMARTS) is 1. The van der Waals surface area contributed by atoms with Gasteiger partial charge in [0.1, 0.15) is 6.33 Å². The second kappa shape index (κ2) is 5.65. The van der Waals surface area contributed by atoms with Crippen molar-refractivity contribution in [3.8, 4) is 0 Å². The van der Waals surface area contributed by atoms with Gasteiger partial charge in [0.15, 0.2) is 11.9 Å². The number of carbonyl (C=O) groups excluding carboxylic acids is 1. The van der Waals surface area contributed by atoms with Gasteiger partial charge in [-0.25, -0.2) is 9.59 Å². The molecule has 1 aliphatic heterocycles. The molecule has 2 N–H and O–H groups in total. The summed E-state index contributed by atoms with van der Waals surface area (Å²) in [7, 11) is 1.29. The van der Waals surface area contributed by atoms with Crippen molar-refractivity contribution in [2.45, 2.75) is 19.2 Å². The normalized spacial score (nSPS) is 15.7. The van der Waals surface area contributed by atoms with Gasteiger partial charge in [0.2, 0.25) is 0 Å². The number of amides is 2. The number of methoxy groups -OCH3 is 1. The van der Waals surface area contributed by atoms with Crippen molar-refractivity contribution in [2.75, 3.05) is 20.2 Å². The molecule has 0 spiro atoms. The van der Waals surface area contributed by atoms with E-state index in [4.69, 9.17) is 9.84 Å². The van der Waals surface area contributed by atoms with Crippen LogP contribution in [0.1, 0.15) is 5.82 Å². The van der Waals surface area contributed by atoms with Gasteiger partial charge in [-0.05, 0) is 0 Å². The van der Waals surface area contributed by atoms with E-state index < -0.39 is 12.1 Å². The van der Waals surface area contributed by atoms with E-state index in [1.54, 1.807) is 11.2 Å². The van der Waals surface area contributed by atoms with Crippen molar-refractivity contribution >= 4 is 12.0 Å². The Labute approximate surface area is 109 Å².